The van der Waals surface area contributed by atoms with Crippen molar-refractivity contribution >= 4 is 11.7 Å². The smallest absolute Gasteiger partial charge is 0.253 e. The van der Waals surface area contributed by atoms with E-state index in [9.17, 15) is 9.90 Å². The number of amidine groups is 1. The van der Waals surface area contributed by atoms with Gasteiger partial charge in [0.15, 0.2) is 5.84 Å². The van der Waals surface area contributed by atoms with Crippen LogP contribution in [0.25, 0.3) is 0 Å². The summed E-state index contributed by atoms with van der Waals surface area (Å²) < 4.78 is 0. The van der Waals surface area contributed by atoms with E-state index in [1.807, 2.05) is 0 Å². The highest BCUT2D eigenvalue weighted by Crippen LogP contribution is 2.21. The number of hydrogen-bond acceptors (Lipinski definition) is 4. The van der Waals surface area contributed by atoms with E-state index in [2.05, 4.69) is 5.16 Å². The molecule has 0 radical (unpaired) electrons. The summed E-state index contributed by atoms with van der Waals surface area (Å²) in [6.07, 6.45) is 0.403. The van der Waals surface area contributed by atoms with Gasteiger partial charge in [0.2, 0.25) is 0 Å². The largest absolute Gasteiger partial charge is 0.409 e. The van der Waals surface area contributed by atoms with Crippen molar-refractivity contribution in [2.75, 3.05) is 13.1 Å². The number of carbonyl (C=O) groups excluding carboxylic acids is 1. The summed E-state index contributed by atoms with van der Waals surface area (Å²) in [6, 6.07) is 6.68. The van der Waals surface area contributed by atoms with E-state index in [0.29, 0.717) is 24.2 Å². The Morgan fingerprint density at radius 2 is 2.20 bits per heavy atom. The van der Waals surface area contributed by atoms with Gasteiger partial charge in [0, 0.05) is 30.1 Å². The second-order valence-corrected chi connectivity index (χ2v) is 5.11. The minimum Gasteiger partial charge on any atom is -0.409 e. The Hall–Kier alpha value is -2.08. The van der Waals surface area contributed by atoms with Crippen molar-refractivity contribution in [3.8, 4) is 0 Å². The third kappa shape index (κ3) is 2.91. The zero-order chi connectivity index (χ0) is 14.7. The van der Waals surface area contributed by atoms with Crippen molar-refractivity contribution in [3.05, 3.63) is 35.4 Å². The van der Waals surface area contributed by atoms with Gasteiger partial charge in [-0.05, 0) is 25.5 Å². The molecule has 1 aromatic carbocycles. The lowest BCUT2D eigenvalue weighted by Gasteiger charge is -2.18. The predicted molar refractivity (Wildman–Crippen MR) is 74.6 cm³/mol. The lowest BCUT2D eigenvalue weighted by molar-refractivity contribution is 0.0762. The maximum Gasteiger partial charge on any atom is 0.253 e. The van der Waals surface area contributed by atoms with E-state index >= 15 is 0 Å². The van der Waals surface area contributed by atoms with Gasteiger partial charge in [0.05, 0.1) is 6.10 Å². The molecule has 6 heteroatoms. The number of nitrogens with two attached hydrogens (primary N) is 1. The van der Waals surface area contributed by atoms with E-state index in [-0.39, 0.29) is 17.7 Å². The molecule has 0 bridgehead atoms. The number of amides is 1. The first-order chi connectivity index (χ1) is 9.52. The van der Waals surface area contributed by atoms with Crippen LogP contribution in [-0.2, 0) is 0 Å². The van der Waals surface area contributed by atoms with Gasteiger partial charge in [0.25, 0.3) is 5.91 Å². The number of carbonyl (C=O) groups is 1. The fourth-order valence-electron chi connectivity index (χ4n) is 2.42. The molecule has 20 heavy (non-hydrogen) atoms. The lowest BCUT2D eigenvalue weighted by Crippen LogP contribution is -2.30. The highest BCUT2D eigenvalue weighted by molar-refractivity contribution is 6.01. The van der Waals surface area contributed by atoms with E-state index in [1.54, 1.807) is 36.1 Å². The highest BCUT2D eigenvalue weighted by Gasteiger charge is 2.29. The quantitative estimate of drug-likeness (QED) is 0.326. The average molecular weight is 277 g/mol. The maximum atomic E-state index is 12.4. The van der Waals surface area contributed by atoms with Gasteiger partial charge in [-0.2, -0.15) is 0 Å². The molecular formula is C14H19N3O3. The topological polar surface area (TPSA) is 99.2 Å². The summed E-state index contributed by atoms with van der Waals surface area (Å²) in [4.78, 5) is 14.1. The average Bonchev–Trinajstić information content (AvgIpc) is 2.95. The summed E-state index contributed by atoms with van der Waals surface area (Å²) in [7, 11) is 0. The van der Waals surface area contributed by atoms with Crippen LogP contribution in [0.15, 0.2) is 29.4 Å². The molecule has 4 N–H and O–H groups in total. The summed E-state index contributed by atoms with van der Waals surface area (Å²) in [5, 5.41) is 21.2. The van der Waals surface area contributed by atoms with Crippen molar-refractivity contribution in [1.29, 1.82) is 0 Å². The Kier molecular flexibility index (Phi) is 4.24. The molecule has 1 heterocycles. The van der Waals surface area contributed by atoms with Crippen molar-refractivity contribution in [2.24, 2.45) is 16.8 Å². The van der Waals surface area contributed by atoms with Gasteiger partial charge in [-0.15, -0.1) is 0 Å². The molecule has 0 aliphatic carbocycles. The number of aliphatic hydroxyl groups excluding tert-OH is 1. The van der Waals surface area contributed by atoms with Crippen LogP contribution in [0, 0.1) is 5.92 Å². The molecule has 108 valence electrons. The molecule has 2 rings (SSSR count). The lowest BCUT2D eigenvalue weighted by atomic mass is 10.0. The Labute approximate surface area is 117 Å². The first-order valence-electron chi connectivity index (χ1n) is 6.58. The number of rotatable bonds is 3. The first kappa shape index (κ1) is 14.3. The van der Waals surface area contributed by atoms with Gasteiger partial charge in [-0.1, -0.05) is 17.3 Å². The van der Waals surface area contributed by atoms with Crippen LogP contribution in [0.5, 0.6) is 0 Å². The molecule has 0 aromatic heterocycles. The number of likely N-dealkylation sites (tertiary alicyclic amines) is 1. The van der Waals surface area contributed by atoms with E-state index < -0.39 is 6.10 Å². The van der Waals surface area contributed by atoms with Crippen LogP contribution < -0.4 is 5.73 Å². The van der Waals surface area contributed by atoms with Crippen LogP contribution >= 0.6 is 0 Å². The summed E-state index contributed by atoms with van der Waals surface area (Å²) in [5.74, 6) is 0.00914. The Balaban J connectivity index is 2.14. The molecule has 6 nitrogen and oxygen atoms in total. The molecule has 1 amide bonds. The second kappa shape index (κ2) is 5.92. The van der Waals surface area contributed by atoms with Gasteiger partial charge in [0.1, 0.15) is 0 Å². The Morgan fingerprint density at radius 1 is 1.50 bits per heavy atom. The molecule has 0 saturated carbocycles. The van der Waals surface area contributed by atoms with Crippen LogP contribution in [0.1, 0.15) is 29.3 Å². The Bertz CT molecular complexity index is 528. The van der Waals surface area contributed by atoms with E-state index in [4.69, 9.17) is 10.9 Å². The highest BCUT2D eigenvalue weighted by atomic mass is 16.4. The molecule has 1 aliphatic heterocycles. The van der Waals surface area contributed by atoms with Crippen LogP contribution in [-0.4, -0.2) is 46.1 Å². The van der Waals surface area contributed by atoms with E-state index in [0.717, 1.165) is 6.42 Å². The number of benzene rings is 1. The third-order valence-corrected chi connectivity index (χ3v) is 3.71. The van der Waals surface area contributed by atoms with Crippen LogP contribution in [0.2, 0.25) is 0 Å². The molecule has 2 unspecified atom stereocenters. The molecule has 1 saturated heterocycles. The molecule has 1 aromatic rings. The number of oxime groups is 1. The number of nitrogens with zero attached hydrogens (tertiary/aromatic N) is 2. The zero-order valence-corrected chi connectivity index (χ0v) is 11.4. The summed E-state index contributed by atoms with van der Waals surface area (Å²) in [5.41, 5.74) is 6.53. The standard InChI is InChI=1S/C14H19N3O3/c1-9(18)12-5-6-17(8-12)14(19)11-4-2-3-10(7-11)13(15)16-20/h2-4,7,9,12,18,20H,5-6,8H2,1H3,(H2,15,16). The molecule has 1 fully saturated rings. The van der Waals surface area contributed by atoms with Crippen LogP contribution in [0.4, 0.5) is 0 Å². The van der Waals surface area contributed by atoms with Gasteiger partial charge in [-0.25, -0.2) is 0 Å². The second-order valence-electron chi connectivity index (χ2n) is 5.11. The fourth-order valence-corrected chi connectivity index (χ4v) is 2.42. The molecule has 2 atom stereocenters. The SMILES string of the molecule is CC(O)C1CCN(C(=O)c2cccc(/C(N)=N/O)c2)C1. The zero-order valence-electron chi connectivity index (χ0n) is 11.4. The maximum absolute atomic E-state index is 12.4. The number of hydrogen-bond donors (Lipinski definition) is 3. The minimum atomic E-state index is -0.406. The Morgan fingerprint density at radius 3 is 2.80 bits per heavy atom. The fraction of sp³-hybridized carbons (Fsp3) is 0.429. The third-order valence-electron chi connectivity index (χ3n) is 3.71. The normalized spacial score (nSPS) is 21.0. The molecular weight excluding hydrogens is 258 g/mol. The summed E-state index contributed by atoms with van der Waals surface area (Å²) >= 11 is 0. The van der Waals surface area contributed by atoms with Crippen molar-refractivity contribution in [1.82, 2.24) is 4.90 Å². The minimum absolute atomic E-state index is 0.0251. The molecule has 1 aliphatic rings. The monoisotopic (exact) mass is 277 g/mol. The number of aliphatic hydroxyl groups is 1. The van der Waals surface area contributed by atoms with Crippen molar-refractivity contribution < 1.29 is 15.1 Å². The van der Waals surface area contributed by atoms with Gasteiger partial charge < -0.3 is 20.9 Å². The van der Waals surface area contributed by atoms with Crippen LogP contribution in [0.3, 0.4) is 0 Å². The van der Waals surface area contributed by atoms with E-state index in [1.165, 1.54) is 0 Å². The molecule has 0 spiro atoms. The predicted octanol–water partition coefficient (Wildman–Crippen LogP) is 0.624. The van der Waals surface area contributed by atoms with Gasteiger partial charge >= 0.3 is 0 Å². The summed E-state index contributed by atoms with van der Waals surface area (Å²) in [6.45, 7) is 2.95. The van der Waals surface area contributed by atoms with Crippen molar-refractivity contribution in [3.63, 3.8) is 0 Å². The van der Waals surface area contributed by atoms with Crippen molar-refractivity contribution in [2.45, 2.75) is 19.4 Å². The first-order valence-corrected chi connectivity index (χ1v) is 6.58. The van der Waals surface area contributed by atoms with Gasteiger partial charge in [-0.3, -0.25) is 4.79 Å².